The molecule has 0 spiro atoms. The Morgan fingerprint density at radius 2 is 2.08 bits per heavy atom. The molecule has 0 aromatic heterocycles. The second kappa shape index (κ2) is 5.64. The van der Waals surface area contributed by atoms with Crippen molar-refractivity contribution < 1.29 is 4.74 Å². The summed E-state index contributed by atoms with van der Waals surface area (Å²) in [6, 6.07) is 0. The monoisotopic (exact) mass is 184 g/mol. The van der Waals surface area contributed by atoms with Gasteiger partial charge in [0.1, 0.15) is 0 Å². The molecule has 13 heavy (non-hydrogen) atoms. The average Bonchev–Trinajstić information content (AvgIpc) is 2.15. The molecule has 0 saturated heterocycles. The normalized spacial score (nSPS) is 34.8. The molecule has 0 heterocycles. The van der Waals surface area contributed by atoms with Crippen LogP contribution >= 0.6 is 0 Å². The molecule has 3 unspecified atom stereocenters. The zero-order valence-electron chi connectivity index (χ0n) is 9.38. The minimum Gasteiger partial charge on any atom is -0.381 e. The zero-order chi connectivity index (χ0) is 9.68. The van der Waals surface area contributed by atoms with E-state index in [0.29, 0.717) is 6.10 Å². The van der Waals surface area contributed by atoms with Crippen molar-refractivity contribution >= 4 is 0 Å². The molecule has 0 bridgehead atoms. The maximum absolute atomic E-state index is 5.46. The highest BCUT2D eigenvalue weighted by molar-refractivity contribution is 4.77. The molecule has 1 fully saturated rings. The second-order valence-corrected chi connectivity index (χ2v) is 4.57. The minimum atomic E-state index is 0.540. The lowest BCUT2D eigenvalue weighted by atomic mass is 9.78. The Labute approximate surface area is 82.9 Å². The standard InChI is InChI=1S/C12H24O/c1-4-5-6-11-7-8-12(13-3)10(2)9-11/h10-12H,4-9H2,1-3H3. The van der Waals surface area contributed by atoms with E-state index in [1.54, 1.807) is 0 Å². The van der Waals surface area contributed by atoms with E-state index in [1.165, 1.54) is 38.5 Å². The van der Waals surface area contributed by atoms with Crippen LogP contribution in [0, 0.1) is 11.8 Å². The van der Waals surface area contributed by atoms with Crippen LogP contribution in [-0.4, -0.2) is 13.2 Å². The van der Waals surface area contributed by atoms with Crippen molar-refractivity contribution in [1.82, 2.24) is 0 Å². The van der Waals surface area contributed by atoms with Crippen LogP contribution in [-0.2, 0) is 4.74 Å². The summed E-state index contributed by atoms with van der Waals surface area (Å²) in [4.78, 5) is 0. The molecule has 1 aliphatic carbocycles. The molecular formula is C12H24O. The van der Waals surface area contributed by atoms with Crippen molar-refractivity contribution in [2.24, 2.45) is 11.8 Å². The summed E-state index contributed by atoms with van der Waals surface area (Å²) < 4.78 is 5.46. The van der Waals surface area contributed by atoms with E-state index in [4.69, 9.17) is 4.74 Å². The summed E-state index contributed by atoms with van der Waals surface area (Å²) in [7, 11) is 1.85. The van der Waals surface area contributed by atoms with Gasteiger partial charge in [0.05, 0.1) is 6.10 Å². The Bertz CT molecular complexity index is 133. The maximum atomic E-state index is 5.46. The highest BCUT2D eigenvalue weighted by Crippen LogP contribution is 2.33. The summed E-state index contributed by atoms with van der Waals surface area (Å²) >= 11 is 0. The quantitative estimate of drug-likeness (QED) is 0.648. The van der Waals surface area contributed by atoms with Gasteiger partial charge in [-0.1, -0.05) is 33.1 Å². The molecule has 0 N–H and O–H groups in total. The van der Waals surface area contributed by atoms with E-state index in [2.05, 4.69) is 13.8 Å². The fourth-order valence-electron chi connectivity index (χ4n) is 2.59. The van der Waals surface area contributed by atoms with Gasteiger partial charge in [-0.05, 0) is 31.1 Å². The van der Waals surface area contributed by atoms with E-state index in [9.17, 15) is 0 Å². The van der Waals surface area contributed by atoms with Gasteiger partial charge in [0.2, 0.25) is 0 Å². The Balaban J connectivity index is 2.24. The van der Waals surface area contributed by atoms with Crippen LogP contribution < -0.4 is 0 Å². The third kappa shape index (κ3) is 3.30. The Morgan fingerprint density at radius 1 is 1.31 bits per heavy atom. The van der Waals surface area contributed by atoms with Crippen molar-refractivity contribution in [3.8, 4) is 0 Å². The van der Waals surface area contributed by atoms with Crippen LogP contribution in [0.2, 0.25) is 0 Å². The fraction of sp³-hybridized carbons (Fsp3) is 1.00. The van der Waals surface area contributed by atoms with Crippen LogP contribution in [0.5, 0.6) is 0 Å². The lowest BCUT2D eigenvalue weighted by Gasteiger charge is -2.33. The summed E-state index contributed by atoms with van der Waals surface area (Å²) in [6.07, 6.45) is 8.80. The highest BCUT2D eigenvalue weighted by atomic mass is 16.5. The molecule has 78 valence electrons. The van der Waals surface area contributed by atoms with Crippen LogP contribution in [0.4, 0.5) is 0 Å². The average molecular weight is 184 g/mol. The first-order valence-electron chi connectivity index (χ1n) is 5.80. The lowest BCUT2D eigenvalue weighted by molar-refractivity contribution is 0.0138. The zero-order valence-corrected chi connectivity index (χ0v) is 9.38. The number of ether oxygens (including phenoxy) is 1. The van der Waals surface area contributed by atoms with Crippen LogP contribution in [0.1, 0.15) is 52.4 Å². The van der Waals surface area contributed by atoms with Crippen molar-refractivity contribution in [2.75, 3.05) is 7.11 Å². The number of hydrogen-bond acceptors (Lipinski definition) is 1. The third-order valence-corrected chi connectivity index (χ3v) is 3.47. The molecule has 0 aliphatic heterocycles. The summed E-state index contributed by atoms with van der Waals surface area (Å²) in [5.41, 5.74) is 0. The molecule has 0 radical (unpaired) electrons. The number of unbranched alkanes of at least 4 members (excludes halogenated alkanes) is 1. The fourth-order valence-corrected chi connectivity index (χ4v) is 2.59. The molecule has 0 aromatic rings. The molecular weight excluding hydrogens is 160 g/mol. The Kier molecular flexibility index (Phi) is 4.79. The molecule has 1 heteroatoms. The maximum Gasteiger partial charge on any atom is 0.0597 e. The van der Waals surface area contributed by atoms with Crippen LogP contribution in [0.3, 0.4) is 0 Å². The first-order valence-corrected chi connectivity index (χ1v) is 5.80. The van der Waals surface area contributed by atoms with E-state index in [0.717, 1.165) is 11.8 Å². The van der Waals surface area contributed by atoms with Gasteiger partial charge in [0.15, 0.2) is 0 Å². The SMILES string of the molecule is CCCCC1CCC(OC)C(C)C1. The second-order valence-electron chi connectivity index (χ2n) is 4.57. The molecule has 1 saturated carbocycles. The smallest absolute Gasteiger partial charge is 0.0597 e. The van der Waals surface area contributed by atoms with Crippen LogP contribution in [0.25, 0.3) is 0 Å². The van der Waals surface area contributed by atoms with Crippen molar-refractivity contribution in [3.63, 3.8) is 0 Å². The number of rotatable bonds is 4. The van der Waals surface area contributed by atoms with Gasteiger partial charge < -0.3 is 4.74 Å². The summed E-state index contributed by atoms with van der Waals surface area (Å²) in [5.74, 6) is 1.77. The molecule has 0 amide bonds. The van der Waals surface area contributed by atoms with Crippen LogP contribution in [0.15, 0.2) is 0 Å². The van der Waals surface area contributed by atoms with E-state index in [1.807, 2.05) is 7.11 Å². The minimum absolute atomic E-state index is 0.540. The van der Waals surface area contributed by atoms with E-state index in [-0.39, 0.29) is 0 Å². The Hall–Kier alpha value is -0.0400. The lowest BCUT2D eigenvalue weighted by Crippen LogP contribution is -2.28. The summed E-state index contributed by atoms with van der Waals surface area (Å²) in [5, 5.41) is 0. The Morgan fingerprint density at radius 3 is 2.62 bits per heavy atom. The topological polar surface area (TPSA) is 9.23 Å². The number of hydrogen-bond donors (Lipinski definition) is 0. The largest absolute Gasteiger partial charge is 0.381 e. The van der Waals surface area contributed by atoms with Crippen molar-refractivity contribution in [1.29, 1.82) is 0 Å². The van der Waals surface area contributed by atoms with Gasteiger partial charge in [0, 0.05) is 7.11 Å². The molecule has 0 aromatic carbocycles. The van der Waals surface area contributed by atoms with Gasteiger partial charge in [-0.3, -0.25) is 0 Å². The van der Waals surface area contributed by atoms with Gasteiger partial charge in [-0.2, -0.15) is 0 Å². The van der Waals surface area contributed by atoms with E-state index >= 15 is 0 Å². The van der Waals surface area contributed by atoms with E-state index < -0.39 is 0 Å². The number of methoxy groups -OCH3 is 1. The first-order chi connectivity index (χ1) is 6.27. The van der Waals surface area contributed by atoms with Gasteiger partial charge in [0.25, 0.3) is 0 Å². The van der Waals surface area contributed by atoms with Crippen molar-refractivity contribution in [2.45, 2.75) is 58.5 Å². The molecule has 1 nitrogen and oxygen atoms in total. The third-order valence-electron chi connectivity index (χ3n) is 3.47. The molecule has 1 rings (SSSR count). The van der Waals surface area contributed by atoms with Crippen molar-refractivity contribution in [3.05, 3.63) is 0 Å². The van der Waals surface area contributed by atoms with Gasteiger partial charge in [-0.15, -0.1) is 0 Å². The predicted molar refractivity (Wildman–Crippen MR) is 56.8 cm³/mol. The highest BCUT2D eigenvalue weighted by Gasteiger charge is 2.26. The van der Waals surface area contributed by atoms with Gasteiger partial charge >= 0.3 is 0 Å². The predicted octanol–water partition coefficient (Wildman–Crippen LogP) is 3.63. The molecule has 3 atom stereocenters. The first kappa shape index (κ1) is 11.0. The molecule has 1 aliphatic rings. The summed E-state index contributed by atoms with van der Waals surface area (Å²) in [6.45, 7) is 4.62. The van der Waals surface area contributed by atoms with Gasteiger partial charge in [-0.25, -0.2) is 0 Å².